The SMILES string of the molecule is CCCCCCC(C)CCC(=O)Oc1cccc2c1CCC(N(CCC)CCc1cccs1)C2. The van der Waals surface area contributed by atoms with Crippen LogP contribution in [-0.2, 0) is 24.1 Å². The molecule has 0 aliphatic heterocycles. The molecule has 34 heavy (non-hydrogen) atoms. The van der Waals surface area contributed by atoms with Crippen molar-refractivity contribution in [2.24, 2.45) is 5.92 Å². The Labute approximate surface area is 211 Å². The number of unbranched alkanes of at least 4 members (excludes halogenated alkanes) is 3. The van der Waals surface area contributed by atoms with Crippen LogP contribution in [0, 0.1) is 5.92 Å². The van der Waals surface area contributed by atoms with Crippen LogP contribution in [0.1, 0.15) is 94.6 Å². The molecule has 1 heterocycles. The van der Waals surface area contributed by atoms with Gasteiger partial charge in [-0.05, 0) is 79.6 Å². The maximum absolute atomic E-state index is 12.6. The summed E-state index contributed by atoms with van der Waals surface area (Å²) in [6.07, 6.45) is 13.4. The lowest BCUT2D eigenvalue weighted by Gasteiger charge is -2.35. The van der Waals surface area contributed by atoms with Crippen molar-refractivity contribution in [3.8, 4) is 5.75 Å². The molecule has 3 rings (SSSR count). The number of benzene rings is 1. The van der Waals surface area contributed by atoms with Crippen LogP contribution in [0.15, 0.2) is 35.7 Å². The Morgan fingerprint density at radius 1 is 1.09 bits per heavy atom. The minimum Gasteiger partial charge on any atom is -0.426 e. The van der Waals surface area contributed by atoms with E-state index in [1.165, 1.54) is 54.5 Å². The van der Waals surface area contributed by atoms with E-state index in [4.69, 9.17) is 4.74 Å². The third kappa shape index (κ3) is 8.53. The molecule has 0 bridgehead atoms. The van der Waals surface area contributed by atoms with Gasteiger partial charge in [0.25, 0.3) is 0 Å². The smallest absolute Gasteiger partial charge is 0.311 e. The van der Waals surface area contributed by atoms with Crippen molar-refractivity contribution in [2.45, 2.75) is 104 Å². The zero-order valence-electron chi connectivity index (χ0n) is 21.7. The molecule has 188 valence electrons. The molecule has 0 spiro atoms. The van der Waals surface area contributed by atoms with Gasteiger partial charge in [0.2, 0.25) is 0 Å². The first-order chi connectivity index (χ1) is 16.6. The highest BCUT2D eigenvalue weighted by atomic mass is 32.1. The van der Waals surface area contributed by atoms with Gasteiger partial charge in [-0.2, -0.15) is 0 Å². The number of esters is 1. The molecule has 2 atom stereocenters. The Morgan fingerprint density at radius 2 is 1.97 bits per heavy atom. The molecule has 2 unspecified atom stereocenters. The number of rotatable bonds is 15. The highest BCUT2D eigenvalue weighted by molar-refractivity contribution is 7.09. The summed E-state index contributed by atoms with van der Waals surface area (Å²) in [5.74, 6) is 1.32. The van der Waals surface area contributed by atoms with Gasteiger partial charge in [0, 0.05) is 23.9 Å². The lowest BCUT2D eigenvalue weighted by molar-refractivity contribution is -0.134. The molecule has 1 aromatic carbocycles. The zero-order valence-corrected chi connectivity index (χ0v) is 22.5. The Bertz CT molecular complexity index is 847. The van der Waals surface area contributed by atoms with Crippen molar-refractivity contribution < 1.29 is 9.53 Å². The Morgan fingerprint density at radius 3 is 2.74 bits per heavy atom. The molecular formula is C30H45NO2S. The molecule has 3 nitrogen and oxygen atoms in total. The second-order valence-electron chi connectivity index (χ2n) is 10.1. The van der Waals surface area contributed by atoms with Crippen LogP contribution in [0.4, 0.5) is 0 Å². The molecule has 4 heteroatoms. The summed E-state index contributed by atoms with van der Waals surface area (Å²) in [5, 5.41) is 2.17. The summed E-state index contributed by atoms with van der Waals surface area (Å²) in [6.45, 7) is 9.06. The molecule has 0 N–H and O–H groups in total. The first kappa shape index (κ1) is 26.9. The quantitative estimate of drug-likeness (QED) is 0.147. The van der Waals surface area contributed by atoms with E-state index in [-0.39, 0.29) is 5.97 Å². The molecular weight excluding hydrogens is 438 g/mol. The first-order valence-corrected chi connectivity index (χ1v) is 14.6. The number of ether oxygens (including phenoxy) is 1. The number of hydrogen-bond acceptors (Lipinski definition) is 4. The van der Waals surface area contributed by atoms with E-state index in [1.807, 2.05) is 17.4 Å². The highest BCUT2D eigenvalue weighted by Crippen LogP contribution is 2.32. The van der Waals surface area contributed by atoms with E-state index in [1.54, 1.807) is 0 Å². The van der Waals surface area contributed by atoms with Crippen molar-refractivity contribution >= 4 is 17.3 Å². The van der Waals surface area contributed by atoms with Crippen molar-refractivity contribution in [1.82, 2.24) is 4.90 Å². The third-order valence-electron chi connectivity index (χ3n) is 7.28. The third-order valence-corrected chi connectivity index (χ3v) is 8.22. The van der Waals surface area contributed by atoms with Gasteiger partial charge in [0.15, 0.2) is 0 Å². The number of thiophene rings is 1. The molecule has 0 saturated carbocycles. The molecule has 0 amide bonds. The maximum Gasteiger partial charge on any atom is 0.311 e. The number of carbonyl (C=O) groups is 1. The fourth-order valence-corrected chi connectivity index (χ4v) is 5.93. The van der Waals surface area contributed by atoms with Crippen LogP contribution in [0.3, 0.4) is 0 Å². The number of hydrogen-bond donors (Lipinski definition) is 0. The second-order valence-corrected chi connectivity index (χ2v) is 11.2. The fraction of sp³-hybridized carbons (Fsp3) is 0.633. The standard InChI is InChI=1S/C30H45NO2S/c1-4-6-7-8-11-24(3)15-18-30(32)33-29-14-9-12-25-23-26(16-17-28(25)29)31(20-5-2)21-19-27-13-10-22-34-27/h9-10,12-14,22,24,26H,4-8,11,15-21,23H2,1-3H3. The van der Waals surface area contributed by atoms with Gasteiger partial charge in [-0.15, -0.1) is 11.3 Å². The predicted molar refractivity (Wildman–Crippen MR) is 145 cm³/mol. The van der Waals surface area contributed by atoms with Crippen molar-refractivity contribution in [3.05, 3.63) is 51.7 Å². The molecule has 1 aliphatic rings. The van der Waals surface area contributed by atoms with Crippen molar-refractivity contribution in [1.29, 1.82) is 0 Å². The lowest BCUT2D eigenvalue weighted by Crippen LogP contribution is -2.41. The van der Waals surface area contributed by atoms with E-state index in [0.29, 0.717) is 18.4 Å². The van der Waals surface area contributed by atoms with Gasteiger partial charge in [0.1, 0.15) is 5.75 Å². The topological polar surface area (TPSA) is 29.5 Å². The largest absolute Gasteiger partial charge is 0.426 e. The van der Waals surface area contributed by atoms with E-state index >= 15 is 0 Å². The van der Waals surface area contributed by atoms with Gasteiger partial charge in [-0.25, -0.2) is 0 Å². The van der Waals surface area contributed by atoms with Gasteiger partial charge >= 0.3 is 5.97 Å². The summed E-state index contributed by atoms with van der Waals surface area (Å²) in [6, 6.07) is 11.3. The summed E-state index contributed by atoms with van der Waals surface area (Å²) < 4.78 is 5.89. The molecule has 0 saturated heterocycles. The van der Waals surface area contributed by atoms with Gasteiger partial charge in [0.05, 0.1) is 0 Å². The average molecular weight is 484 g/mol. The minimum atomic E-state index is -0.0699. The second kappa shape index (κ2) is 14.7. The van der Waals surface area contributed by atoms with E-state index < -0.39 is 0 Å². The van der Waals surface area contributed by atoms with Crippen LogP contribution in [0.2, 0.25) is 0 Å². The maximum atomic E-state index is 12.6. The molecule has 0 radical (unpaired) electrons. The molecule has 0 fully saturated rings. The van der Waals surface area contributed by atoms with Gasteiger partial charge < -0.3 is 4.74 Å². The highest BCUT2D eigenvalue weighted by Gasteiger charge is 2.26. The fourth-order valence-electron chi connectivity index (χ4n) is 5.23. The lowest BCUT2D eigenvalue weighted by atomic mass is 9.86. The minimum absolute atomic E-state index is 0.0699. The van der Waals surface area contributed by atoms with Crippen LogP contribution >= 0.6 is 11.3 Å². The first-order valence-electron chi connectivity index (χ1n) is 13.7. The van der Waals surface area contributed by atoms with Crippen LogP contribution < -0.4 is 4.74 Å². The van der Waals surface area contributed by atoms with E-state index in [9.17, 15) is 4.79 Å². The van der Waals surface area contributed by atoms with Crippen molar-refractivity contribution in [2.75, 3.05) is 13.1 Å². The average Bonchev–Trinajstić information content (AvgIpc) is 3.37. The molecule has 1 aromatic heterocycles. The summed E-state index contributed by atoms with van der Waals surface area (Å²) in [5.41, 5.74) is 2.62. The summed E-state index contributed by atoms with van der Waals surface area (Å²) >= 11 is 1.86. The Balaban J connectivity index is 1.51. The van der Waals surface area contributed by atoms with Gasteiger partial charge in [-0.3, -0.25) is 9.69 Å². The van der Waals surface area contributed by atoms with Crippen molar-refractivity contribution in [3.63, 3.8) is 0 Å². The van der Waals surface area contributed by atoms with Crippen LogP contribution in [0.25, 0.3) is 0 Å². The van der Waals surface area contributed by atoms with Gasteiger partial charge in [-0.1, -0.05) is 71.1 Å². The monoisotopic (exact) mass is 483 g/mol. The summed E-state index contributed by atoms with van der Waals surface area (Å²) in [7, 11) is 0. The molecule has 1 aliphatic carbocycles. The van der Waals surface area contributed by atoms with Crippen LogP contribution in [0.5, 0.6) is 5.75 Å². The number of fused-ring (bicyclic) bond motifs is 1. The Kier molecular flexibility index (Phi) is 11.6. The number of carbonyl (C=O) groups excluding carboxylic acids is 1. The van der Waals surface area contributed by atoms with E-state index in [2.05, 4.69) is 55.3 Å². The zero-order chi connectivity index (χ0) is 24.2. The molecule has 2 aromatic rings. The van der Waals surface area contributed by atoms with E-state index in [0.717, 1.165) is 50.9 Å². The van der Waals surface area contributed by atoms with Crippen LogP contribution in [-0.4, -0.2) is 30.0 Å². The summed E-state index contributed by atoms with van der Waals surface area (Å²) in [4.78, 5) is 16.8. The Hall–Kier alpha value is -1.65. The predicted octanol–water partition coefficient (Wildman–Crippen LogP) is 7.85. The normalized spacial score (nSPS) is 16.4. The number of nitrogens with zero attached hydrogens (tertiary/aromatic N) is 1.